The van der Waals surface area contributed by atoms with E-state index in [4.69, 9.17) is 16.6 Å². The van der Waals surface area contributed by atoms with Gasteiger partial charge in [0.05, 0.1) is 5.56 Å². The highest BCUT2D eigenvalue weighted by molar-refractivity contribution is 6.30. The average Bonchev–Trinajstić information content (AvgIpc) is 3.60. The minimum absolute atomic E-state index is 0.0258. The number of hydrogen-bond donors (Lipinski definition) is 3. The second-order valence-corrected chi connectivity index (χ2v) is 10.7. The number of rotatable bonds is 7. The predicted molar refractivity (Wildman–Crippen MR) is 143 cm³/mol. The fourth-order valence-electron chi connectivity index (χ4n) is 4.96. The molecule has 37 heavy (non-hydrogen) atoms. The van der Waals surface area contributed by atoms with Crippen molar-refractivity contribution in [3.8, 4) is 0 Å². The third-order valence-corrected chi connectivity index (χ3v) is 7.37. The van der Waals surface area contributed by atoms with E-state index in [0.29, 0.717) is 48.9 Å². The molecule has 0 radical (unpaired) electrons. The summed E-state index contributed by atoms with van der Waals surface area (Å²) in [6.45, 7) is 9.29. The molecule has 196 valence electrons. The Morgan fingerprint density at radius 1 is 1.14 bits per heavy atom. The number of aromatic amines is 1. The van der Waals surface area contributed by atoms with Crippen LogP contribution < -0.4 is 15.5 Å². The average molecular weight is 527 g/mol. The van der Waals surface area contributed by atoms with E-state index in [1.807, 2.05) is 19.1 Å². The van der Waals surface area contributed by atoms with E-state index in [2.05, 4.69) is 44.6 Å². The molecule has 2 atom stereocenters. The van der Waals surface area contributed by atoms with Crippen molar-refractivity contribution in [1.29, 1.82) is 0 Å². The van der Waals surface area contributed by atoms with Gasteiger partial charge in [-0.05, 0) is 49.8 Å². The molecule has 0 aliphatic carbocycles. The molecule has 2 aromatic heterocycles. The van der Waals surface area contributed by atoms with E-state index in [0.717, 1.165) is 37.1 Å². The van der Waals surface area contributed by atoms with Crippen LogP contribution in [0.15, 0.2) is 30.3 Å². The number of hydrogen-bond acceptors (Lipinski definition) is 7. The number of amides is 1. The number of nitrogens with zero attached hydrogens (tertiary/aromatic N) is 5. The van der Waals surface area contributed by atoms with Crippen LogP contribution in [0.3, 0.4) is 0 Å². The Morgan fingerprint density at radius 2 is 1.97 bits per heavy atom. The molecule has 2 fully saturated rings. The molecule has 11 heteroatoms. The molecule has 0 saturated carbocycles. The summed E-state index contributed by atoms with van der Waals surface area (Å²) in [5.41, 5.74) is 0.972. The molecule has 9 nitrogen and oxygen atoms in total. The fourth-order valence-corrected chi connectivity index (χ4v) is 5.12. The Bertz CT molecular complexity index is 1280. The van der Waals surface area contributed by atoms with Gasteiger partial charge in [-0.15, -0.1) is 0 Å². The summed E-state index contributed by atoms with van der Waals surface area (Å²) < 4.78 is 14.3. The van der Waals surface area contributed by atoms with E-state index in [1.54, 1.807) is 4.90 Å². The maximum atomic E-state index is 14.3. The minimum Gasteiger partial charge on any atom is -0.356 e. The standard InChI is InChI=1S/C26H32ClFN8O/c1-15(2)17-6-8-35(13-17)24-12-22(30-23-10-16(3)33-34-23)31-26(32-24)29-19-7-9-36(14-19)25(37)20-5-4-18(27)11-21(20)28/h4-5,10-12,15,17,19H,6-9,13-14H2,1-3H3,(H3,29,30,31,32,33,34)/t17-,19+/m1/s1. The van der Waals surface area contributed by atoms with Crippen molar-refractivity contribution >= 4 is 40.9 Å². The van der Waals surface area contributed by atoms with Crippen molar-refractivity contribution in [2.45, 2.75) is 39.7 Å². The zero-order chi connectivity index (χ0) is 26.1. The van der Waals surface area contributed by atoms with E-state index in [-0.39, 0.29) is 22.5 Å². The lowest BCUT2D eigenvalue weighted by Crippen LogP contribution is -2.32. The van der Waals surface area contributed by atoms with Gasteiger partial charge in [0.15, 0.2) is 5.82 Å². The molecule has 0 spiro atoms. The van der Waals surface area contributed by atoms with Gasteiger partial charge >= 0.3 is 0 Å². The summed E-state index contributed by atoms with van der Waals surface area (Å²) >= 11 is 5.84. The van der Waals surface area contributed by atoms with Gasteiger partial charge in [0, 0.05) is 55.1 Å². The van der Waals surface area contributed by atoms with Crippen molar-refractivity contribution in [3.63, 3.8) is 0 Å². The third-order valence-electron chi connectivity index (χ3n) is 7.14. The first-order chi connectivity index (χ1) is 17.7. The zero-order valence-electron chi connectivity index (χ0n) is 21.3. The molecule has 5 rings (SSSR count). The van der Waals surface area contributed by atoms with Crippen LogP contribution in [0.5, 0.6) is 0 Å². The first kappa shape index (κ1) is 25.3. The predicted octanol–water partition coefficient (Wildman–Crippen LogP) is 4.85. The van der Waals surface area contributed by atoms with Crippen LogP contribution in [0.25, 0.3) is 0 Å². The fraction of sp³-hybridized carbons (Fsp3) is 0.462. The molecular weight excluding hydrogens is 495 g/mol. The first-order valence-corrected chi connectivity index (χ1v) is 13.1. The van der Waals surface area contributed by atoms with Gasteiger partial charge in [0.2, 0.25) is 5.95 Å². The van der Waals surface area contributed by atoms with Gasteiger partial charge < -0.3 is 20.4 Å². The first-order valence-electron chi connectivity index (χ1n) is 12.7. The van der Waals surface area contributed by atoms with E-state index >= 15 is 0 Å². The van der Waals surface area contributed by atoms with Crippen LogP contribution in [0.2, 0.25) is 5.02 Å². The van der Waals surface area contributed by atoms with E-state index in [1.165, 1.54) is 12.1 Å². The topological polar surface area (TPSA) is 102 Å². The Hall–Kier alpha value is -3.40. The Morgan fingerprint density at radius 3 is 2.68 bits per heavy atom. The number of likely N-dealkylation sites (tertiary alicyclic amines) is 1. The van der Waals surface area contributed by atoms with Crippen LogP contribution in [-0.4, -0.2) is 63.2 Å². The molecule has 2 aliphatic heterocycles. The number of carbonyl (C=O) groups is 1. The van der Waals surface area contributed by atoms with Gasteiger partial charge in [-0.1, -0.05) is 25.4 Å². The largest absolute Gasteiger partial charge is 0.356 e. The molecule has 1 amide bonds. The lowest BCUT2D eigenvalue weighted by Gasteiger charge is -2.21. The quantitative estimate of drug-likeness (QED) is 0.404. The van der Waals surface area contributed by atoms with Crippen LogP contribution in [-0.2, 0) is 0 Å². The second-order valence-electron chi connectivity index (χ2n) is 10.2. The molecule has 0 unspecified atom stereocenters. The van der Waals surface area contributed by atoms with E-state index in [9.17, 15) is 9.18 Å². The Balaban J connectivity index is 1.32. The number of anilines is 4. The lowest BCUT2D eigenvalue weighted by atomic mass is 9.95. The number of aryl methyl sites for hydroxylation is 1. The monoisotopic (exact) mass is 526 g/mol. The van der Waals surface area contributed by atoms with Crippen LogP contribution in [0.4, 0.5) is 27.8 Å². The summed E-state index contributed by atoms with van der Waals surface area (Å²) in [5, 5.41) is 14.1. The summed E-state index contributed by atoms with van der Waals surface area (Å²) in [4.78, 5) is 26.4. The van der Waals surface area contributed by atoms with Crippen molar-refractivity contribution < 1.29 is 9.18 Å². The molecule has 4 heterocycles. The van der Waals surface area contributed by atoms with Crippen LogP contribution in [0.1, 0.15) is 42.7 Å². The van der Waals surface area contributed by atoms with Gasteiger partial charge in [0.25, 0.3) is 5.91 Å². The molecule has 3 N–H and O–H groups in total. The van der Waals surface area contributed by atoms with Gasteiger partial charge in [-0.2, -0.15) is 15.1 Å². The molecule has 2 aliphatic rings. The van der Waals surface area contributed by atoms with Crippen LogP contribution >= 0.6 is 11.6 Å². The number of carbonyl (C=O) groups excluding carboxylic acids is 1. The molecule has 3 aromatic rings. The van der Waals surface area contributed by atoms with Gasteiger partial charge in [-0.25, -0.2) is 4.39 Å². The van der Waals surface area contributed by atoms with Crippen molar-refractivity contribution in [2.75, 3.05) is 41.7 Å². The van der Waals surface area contributed by atoms with Crippen LogP contribution in [0, 0.1) is 24.6 Å². The lowest BCUT2D eigenvalue weighted by molar-refractivity contribution is 0.0787. The number of aromatic nitrogens is 4. The second kappa shape index (κ2) is 10.5. The molecule has 2 saturated heterocycles. The maximum Gasteiger partial charge on any atom is 0.256 e. The highest BCUT2D eigenvalue weighted by Crippen LogP contribution is 2.30. The smallest absolute Gasteiger partial charge is 0.256 e. The summed E-state index contributed by atoms with van der Waals surface area (Å²) in [7, 11) is 0. The zero-order valence-corrected chi connectivity index (χ0v) is 22.0. The van der Waals surface area contributed by atoms with Crippen molar-refractivity contribution in [3.05, 3.63) is 52.4 Å². The number of benzene rings is 1. The number of nitrogens with one attached hydrogen (secondary N) is 3. The van der Waals surface area contributed by atoms with Gasteiger partial charge in [0.1, 0.15) is 17.5 Å². The Kier molecular flexibility index (Phi) is 7.19. The molecular formula is C26H32ClFN8O. The van der Waals surface area contributed by atoms with E-state index < -0.39 is 5.82 Å². The SMILES string of the molecule is Cc1cc(Nc2cc(N3CC[C@@H](C(C)C)C3)nc(N[C@H]3CCN(C(=O)c4ccc(Cl)cc4F)C3)n2)n[nH]1. The highest BCUT2D eigenvalue weighted by atomic mass is 35.5. The van der Waals surface area contributed by atoms with Crippen molar-refractivity contribution in [1.82, 2.24) is 25.1 Å². The summed E-state index contributed by atoms with van der Waals surface area (Å²) in [6, 6.07) is 7.93. The normalized spacial score (nSPS) is 19.6. The summed E-state index contributed by atoms with van der Waals surface area (Å²) in [5.74, 6) is 2.93. The third kappa shape index (κ3) is 5.79. The minimum atomic E-state index is -0.612. The maximum absolute atomic E-state index is 14.3. The summed E-state index contributed by atoms with van der Waals surface area (Å²) in [6.07, 6.45) is 1.84. The van der Waals surface area contributed by atoms with Crippen molar-refractivity contribution in [2.24, 2.45) is 11.8 Å². The number of halogens is 2. The molecule has 1 aromatic carbocycles. The Labute approximate surface area is 220 Å². The molecule has 0 bridgehead atoms. The highest BCUT2D eigenvalue weighted by Gasteiger charge is 2.30. The number of H-pyrrole nitrogens is 1. The van der Waals surface area contributed by atoms with Gasteiger partial charge in [-0.3, -0.25) is 9.89 Å².